The number of nitrogens with zero attached hydrogens (tertiary/aromatic N) is 3. The fourth-order valence-electron chi connectivity index (χ4n) is 2.75. The number of pyridine rings is 1. The van der Waals surface area contributed by atoms with E-state index in [1.165, 1.54) is 17.1 Å². The summed E-state index contributed by atoms with van der Waals surface area (Å²) in [5.74, 6) is 0.975. The van der Waals surface area contributed by atoms with Crippen molar-refractivity contribution in [2.75, 3.05) is 16.5 Å². The topological polar surface area (TPSA) is 19.4 Å². The molecule has 3 nitrogen and oxygen atoms in total. The summed E-state index contributed by atoms with van der Waals surface area (Å²) in [6, 6.07) is 24.9. The lowest BCUT2D eigenvalue weighted by Gasteiger charge is -2.21. The van der Waals surface area contributed by atoms with Crippen molar-refractivity contribution < 1.29 is 0 Å². The molecule has 21 heavy (non-hydrogen) atoms. The first-order valence-corrected chi connectivity index (χ1v) is 7.04. The van der Waals surface area contributed by atoms with E-state index >= 15 is 0 Å². The quantitative estimate of drug-likeness (QED) is 0.693. The SMILES string of the molecule is c1ccc(N2CN(c3ccccn3)c3ccccc32)cc1. The van der Waals surface area contributed by atoms with Crippen molar-refractivity contribution in [2.24, 2.45) is 0 Å². The molecule has 1 aliphatic heterocycles. The van der Waals surface area contributed by atoms with Gasteiger partial charge < -0.3 is 9.80 Å². The van der Waals surface area contributed by atoms with E-state index in [0.717, 1.165) is 12.5 Å². The molecule has 1 aromatic heterocycles. The van der Waals surface area contributed by atoms with Crippen LogP contribution < -0.4 is 9.80 Å². The molecule has 0 unspecified atom stereocenters. The predicted octanol–water partition coefficient (Wildman–Crippen LogP) is 4.33. The van der Waals surface area contributed by atoms with Crippen LogP contribution in [0.1, 0.15) is 0 Å². The third kappa shape index (κ3) is 2.03. The maximum Gasteiger partial charge on any atom is 0.134 e. The molecule has 0 fully saturated rings. The maximum absolute atomic E-state index is 4.49. The minimum absolute atomic E-state index is 0.778. The van der Waals surface area contributed by atoms with Crippen LogP contribution in [0.3, 0.4) is 0 Å². The number of hydrogen-bond acceptors (Lipinski definition) is 3. The third-order valence-electron chi connectivity index (χ3n) is 3.74. The third-order valence-corrected chi connectivity index (χ3v) is 3.74. The molecule has 0 bridgehead atoms. The van der Waals surface area contributed by atoms with Gasteiger partial charge in [0.1, 0.15) is 12.5 Å². The summed E-state index contributed by atoms with van der Waals surface area (Å²) in [4.78, 5) is 9.03. The Morgan fingerprint density at radius 2 is 1.33 bits per heavy atom. The average Bonchev–Trinajstić information content (AvgIpc) is 2.96. The fourth-order valence-corrected chi connectivity index (χ4v) is 2.75. The van der Waals surface area contributed by atoms with Crippen LogP contribution in [-0.4, -0.2) is 11.7 Å². The predicted molar refractivity (Wildman–Crippen MR) is 86.3 cm³/mol. The lowest BCUT2D eigenvalue weighted by atomic mass is 10.2. The van der Waals surface area contributed by atoms with Crippen molar-refractivity contribution in [1.29, 1.82) is 0 Å². The molecule has 0 saturated carbocycles. The molecule has 3 heteroatoms. The Bertz CT molecular complexity index is 676. The molecule has 0 N–H and O–H groups in total. The Labute approximate surface area is 124 Å². The zero-order valence-corrected chi connectivity index (χ0v) is 11.6. The highest BCUT2D eigenvalue weighted by Crippen LogP contribution is 2.42. The molecule has 0 amide bonds. The molecule has 1 aliphatic rings. The Hall–Kier alpha value is -2.81. The van der Waals surface area contributed by atoms with Gasteiger partial charge in [-0.25, -0.2) is 4.98 Å². The van der Waals surface area contributed by atoms with Gasteiger partial charge in [0.15, 0.2) is 0 Å². The number of anilines is 4. The molecule has 102 valence electrons. The second kappa shape index (κ2) is 4.94. The summed E-state index contributed by atoms with van der Waals surface area (Å²) in [6.45, 7) is 0.778. The van der Waals surface area contributed by atoms with Crippen LogP contribution in [0.2, 0.25) is 0 Å². The summed E-state index contributed by atoms with van der Waals surface area (Å²) in [5.41, 5.74) is 3.61. The Kier molecular flexibility index (Phi) is 2.82. The first kappa shape index (κ1) is 12.0. The van der Waals surface area contributed by atoms with Crippen molar-refractivity contribution >= 4 is 22.9 Å². The van der Waals surface area contributed by atoms with Crippen LogP contribution in [0.5, 0.6) is 0 Å². The summed E-state index contributed by atoms with van der Waals surface area (Å²) in [7, 11) is 0. The first-order valence-electron chi connectivity index (χ1n) is 7.04. The van der Waals surface area contributed by atoms with Gasteiger partial charge in [-0.3, -0.25) is 0 Å². The number of aromatic nitrogens is 1. The van der Waals surface area contributed by atoms with Gasteiger partial charge in [-0.2, -0.15) is 0 Å². The van der Waals surface area contributed by atoms with Crippen molar-refractivity contribution in [3.8, 4) is 0 Å². The van der Waals surface area contributed by atoms with Crippen LogP contribution in [0.25, 0.3) is 0 Å². The highest BCUT2D eigenvalue weighted by Gasteiger charge is 2.27. The van der Waals surface area contributed by atoms with Gasteiger partial charge in [0.05, 0.1) is 11.4 Å². The van der Waals surface area contributed by atoms with Crippen LogP contribution in [0, 0.1) is 0 Å². The lowest BCUT2D eigenvalue weighted by molar-refractivity contribution is 0.968. The van der Waals surface area contributed by atoms with Crippen molar-refractivity contribution in [1.82, 2.24) is 4.98 Å². The van der Waals surface area contributed by atoms with E-state index in [9.17, 15) is 0 Å². The van der Waals surface area contributed by atoms with E-state index in [2.05, 4.69) is 63.3 Å². The highest BCUT2D eigenvalue weighted by atomic mass is 15.4. The number of benzene rings is 2. The molecular weight excluding hydrogens is 258 g/mol. The second-order valence-electron chi connectivity index (χ2n) is 5.01. The monoisotopic (exact) mass is 273 g/mol. The molecule has 0 saturated heterocycles. The van der Waals surface area contributed by atoms with E-state index in [4.69, 9.17) is 0 Å². The molecule has 0 radical (unpaired) electrons. The van der Waals surface area contributed by atoms with E-state index in [-0.39, 0.29) is 0 Å². The Morgan fingerprint density at radius 3 is 2.05 bits per heavy atom. The fraction of sp³-hybridized carbons (Fsp3) is 0.0556. The molecule has 0 spiro atoms. The summed E-state index contributed by atoms with van der Waals surface area (Å²) >= 11 is 0. The van der Waals surface area contributed by atoms with Crippen molar-refractivity contribution in [3.63, 3.8) is 0 Å². The Balaban J connectivity index is 1.81. The first-order chi connectivity index (χ1) is 10.4. The van der Waals surface area contributed by atoms with Gasteiger partial charge in [-0.15, -0.1) is 0 Å². The highest BCUT2D eigenvalue weighted by molar-refractivity contribution is 5.85. The standard InChI is InChI=1S/C18H15N3/c1-2-8-15(9-3-1)20-14-21(18-12-6-7-13-19-18)17-11-5-4-10-16(17)20/h1-13H,14H2. The second-order valence-corrected chi connectivity index (χ2v) is 5.01. The van der Waals surface area contributed by atoms with Crippen molar-refractivity contribution in [3.05, 3.63) is 79.0 Å². The summed E-state index contributed by atoms with van der Waals surface area (Å²) in [6.07, 6.45) is 1.84. The number of fused-ring (bicyclic) bond motifs is 1. The minimum Gasteiger partial charge on any atom is -0.321 e. The number of hydrogen-bond donors (Lipinski definition) is 0. The molecule has 4 rings (SSSR count). The lowest BCUT2D eigenvalue weighted by Crippen LogP contribution is -2.24. The molecule has 2 aromatic carbocycles. The van der Waals surface area contributed by atoms with Crippen LogP contribution in [-0.2, 0) is 0 Å². The maximum atomic E-state index is 4.49. The summed E-state index contributed by atoms with van der Waals surface area (Å²) < 4.78 is 0. The van der Waals surface area contributed by atoms with Gasteiger partial charge in [-0.05, 0) is 36.4 Å². The smallest absolute Gasteiger partial charge is 0.134 e. The minimum atomic E-state index is 0.778. The normalized spacial score (nSPS) is 13.3. The molecule has 2 heterocycles. The van der Waals surface area contributed by atoms with Gasteiger partial charge in [0, 0.05) is 11.9 Å². The molecular formula is C18H15N3. The number of para-hydroxylation sites is 3. The zero-order valence-electron chi connectivity index (χ0n) is 11.6. The van der Waals surface area contributed by atoms with Gasteiger partial charge in [0.25, 0.3) is 0 Å². The van der Waals surface area contributed by atoms with Gasteiger partial charge in [-0.1, -0.05) is 36.4 Å². The largest absolute Gasteiger partial charge is 0.321 e. The van der Waals surface area contributed by atoms with Crippen LogP contribution >= 0.6 is 0 Å². The molecule has 3 aromatic rings. The van der Waals surface area contributed by atoms with E-state index in [1.807, 2.05) is 30.5 Å². The van der Waals surface area contributed by atoms with Crippen LogP contribution in [0.15, 0.2) is 79.0 Å². The van der Waals surface area contributed by atoms with Crippen molar-refractivity contribution in [2.45, 2.75) is 0 Å². The summed E-state index contributed by atoms with van der Waals surface area (Å²) in [5, 5.41) is 0. The average molecular weight is 273 g/mol. The van der Waals surface area contributed by atoms with E-state index in [0.29, 0.717) is 0 Å². The Morgan fingerprint density at radius 1 is 0.667 bits per heavy atom. The zero-order chi connectivity index (χ0) is 14.1. The number of rotatable bonds is 2. The van der Waals surface area contributed by atoms with Gasteiger partial charge in [0.2, 0.25) is 0 Å². The van der Waals surface area contributed by atoms with E-state index < -0.39 is 0 Å². The van der Waals surface area contributed by atoms with Gasteiger partial charge >= 0.3 is 0 Å². The molecule has 0 aliphatic carbocycles. The van der Waals surface area contributed by atoms with Crippen LogP contribution in [0.4, 0.5) is 22.9 Å². The van der Waals surface area contributed by atoms with E-state index in [1.54, 1.807) is 0 Å². The molecule has 0 atom stereocenters.